The average molecular weight is 478 g/mol. The Labute approximate surface area is 203 Å². The maximum atomic E-state index is 13.3. The minimum Gasteiger partial charge on any atom is -0.495 e. The lowest BCUT2D eigenvalue weighted by atomic mass is 10.1. The van der Waals surface area contributed by atoms with Gasteiger partial charge in [-0.25, -0.2) is 0 Å². The molecule has 1 amide bonds. The molecular weight excluding hydrogens is 454 g/mol. The van der Waals surface area contributed by atoms with Crippen LogP contribution in [0.2, 0.25) is 5.02 Å². The Bertz CT molecular complexity index is 1290. The van der Waals surface area contributed by atoms with Crippen LogP contribution in [0.1, 0.15) is 10.4 Å². The molecule has 0 saturated carbocycles. The molecule has 6 nitrogen and oxygen atoms in total. The van der Waals surface area contributed by atoms with Gasteiger partial charge in [0.1, 0.15) is 36.2 Å². The lowest BCUT2D eigenvalue weighted by molar-refractivity contribution is 0.102. The van der Waals surface area contributed by atoms with Gasteiger partial charge in [0.25, 0.3) is 5.91 Å². The summed E-state index contributed by atoms with van der Waals surface area (Å²) in [7, 11) is 3.02. The number of halogens is 1. The number of rotatable bonds is 9. The van der Waals surface area contributed by atoms with E-state index in [4.69, 9.17) is 30.5 Å². The van der Waals surface area contributed by atoms with Crippen molar-refractivity contribution in [1.82, 2.24) is 0 Å². The molecule has 0 aliphatic heterocycles. The second kappa shape index (κ2) is 10.8. The fourth-order valence-electron chi connectivity index (χ4n) is 3.49. The van der Waals surface area contributed by atoms with E-state index in [0.717, 1.165) is 16.5 Å². The topological polar surface area (TPSA) is 66.0 Å². The minimum atomic E-state index is -0.357. The van der Waals surface area contributed by atoms with E-state index in [1.807, 2.05) is 60.7 Å². The summed E-state index contributed by atoms with van der Waals surface area (Å²) in [5.74, 6) is 1.72. The standard InChI is InChI=1S/C27H24ClNO5/c1-31-25-17-26(32-2)23(16-22(25)28)29-27(30)21-14-18-8-6-7-9-19(18)15-24(21)34-13-12-33-20-10-4-3-5-11-20/h3-11,14-17H,12-13H2,1-2H3,(H,29,30). The summed E-state index contributed by atoms with van der Waals surface area (Å²) in [5, 5.41) is 5.11. The summed E-state index contributed by atoms with van der Waals surface area (Å²) in [5.41, 5.74) is 0.803. The van der Waals surface area contributed by atoms with E-state index in [-0.39, 0.29) is 12.5 Å². The average Bonchev–Trinajstić information content (AvgIpc) is 2.87. The number of fused-ring (bicyclic) bond motifs is 1. The molecule has 0 heterocycles. The monoisotopic (exact) mass is 477 g/mol. The second-order valence-corrected chi connectivity index (χ2v) is 7.75. The Kier molecular flexibility index (Phi) is 7.40. The number of carbonyl (C=O) groups is 1. The third-order valence-electron chi connectivity index (χ3n) is 5.17. The van der Waals surface area contributed by atoms with Gasteiger partial charge in [0, 0.05) is 6.07 Å². The molecule has 4 aromatic carbocycles. The van der Waals surface area contributed by atoms with Gasteiger partial charge in [0.15, 0.2) is 0 Å². The highest BCUT2D eigenvalue weighted by molar-refractivity contribution is 6.32. The molecule has 0 unspecified atom stereocenters. The van der Waals surface area contributed by atoms with Crippen LogP contribution in [0.3, 0.4) is 0 Å². The Morgan fingerprint density at radius 3 is 2.12 bits per heavy atom. The smallest absolute Gasteiger partial charge is 0.259 e. The molecule has 0 atom stereocenters. The molecule has 174 valence electrons. The number of anilines is 1. The van der Waals surface area contributed by atoms with Crippen molar-refractivity contribution in [3.8, 4) is 23.0 Å². The molecule has 0 fully saturated rings. The van der Waals surface area contributed by atoms with E-state index < -0.39 is 0 Å². The van der Waals surface area contributed by atoms with Gasteiger partial charge in [-0.3, -0.25) is 4.79 Å². The van der Waals surface area contributed by atoms with Crippen molar-refractivity contribution in [3.05, 3.63) is 89.4 Å². The molecular formula is C27H24ClNO5. The predicted octanol–water partition coefficient (Wildman–Crippen LogP) is 6.22. The summed E-state index contributed by atoms with van der Waals surface area (Å²) in [6, 6.07) is 24.1. The Balaban J connectivity index is 1.58. The molecule has 0 bridgehead atoms. The van der Waals surface area contributed by atoms with Crippen LogP contribution in [-0.2, 0) is 0 Å². The van der Waals surface area contributed by atoms with Gasteiger partial charge in [-0.2, -0.15) is 0 Å². The lowest BCUT2D eigenvalue weighted by Gasteiger charge is -2.16. The Morgan fingerprint density at radius 2 is 1.41 bits per heavy atom. The molecule has 0 aliphatic carbocycles. The van der Waals surface area contributed by atoms with Gasteiger partial charge in [-0.15, -0.1) is 0 Å². The van der Waals surface area contributed by atoms with Crippen molar-refractivity contribution < 1.29 is 23.7 Å². The number of para-hydroxylation sites is 1. The second-order valence-electron chi connectivity index (χ2n) is 7.35. The van der Waals surface area contributed by atoms with Gasteiger partial charge in [0.2, 0.25) is 0 Å². The van der Waals surface area contributed by atoms with E-state index in [2.05, 4.69) is 5.32 Å². The van der Waals surface area contributed by atoms with Crippen molar-refractivity contribution in [2.45, 2.75) is 0 Å². The van der Waals surface area contributed by atoms with Crippen molar-refractivity contribution in [2.75, 3.05) is 32.8 Å². The highest BCUT2D eigenvalue weighted by atomic mass is 35.5. The Morgan fingerprint density at radius 1 is 0.765 bits per heavy atom. The highest BCUT2D eigenvalue weighted by Crippen LogP contribution is 2.36. The summed E-state index contributed by atoms with van der Waals surface area (Å²) >= 11 is 6.26. The number of benzene rings is 4. The molecule has 0 aliphatic rings. The maximum Gasteiger partial charge on any atom is 0.259 e. The van der Waals surface area contributed by atoms with Gasteiger partial charge in [-0.05, 0) is 41.1 Å². The molecule has 0 aromatic heterocycles. The number of amides is 1. The van der Waals surface area contributed by atoms with Gasteiger partial charge >= 0.3 is 0 Å². The lowest BCUT2D eigenvalue weighted by Crippen LogP contribution is -2.16. The van der Waals surface area contributed by atoms with Crippen LogP contribution in [0.5, 0.6) is 23.0 Å². The van der Waals surface area contributed by atoms with Gasteiger partial charge in [-0.1, -0.05) is 54.1 Å². The van der Waals surface area contributed by atoms with Crippen molar-refractivity contribution in [1.29, 1.82) is 0 Å². The molecule has 1 N–H and O–H groups in total. The fourth-order valence-corrected chi connectivity index (χ4v) is 3.73. The number of nitrogens with one attached hydrogen (secondary N) is 1. The van der Waals surface area contributed by atoms with Crippen LogP contribution < -0.4 is 24.3 Å². The van der Waals surface area contributed by atoms with Crippen LogP contribution >= 0.6 is 11.6 Å². The number of hydrogen-bond acceptors (Lipinski definition) is 5. The summed E-state index contributed by atoms with van der Waals surface area (Å²) in [4.78, 5) is 13.3. The van der Waals surface area contributed by atoms with E-state index in [9.17, 15) is 4.79 Å². The third kappa shape index (κ3) is 5.35. The van der Waals surface area contributed by atoms with Crippen LogP contribution in [0, 0.1) is 0 Å². The van der Waals surface area contributed by atoms with Crippen LogP contribution in [0.15, 0.2) is 78.9 Å². The quantitative estimate of drug-likeness (QED) is 0.290. The molecule has 34 heavy (non-hydrogen) atoms. The summed E-state index contributed by atoms with van der Waals surface area (Å²) < 4.78 is 22.3. The van der Waals surface area contributed by atoms with Crippen LogP contribution in [-0.4, -0.2) is 33.3 Å². The number of carbonyl (C=O) groups excluding carboxylic acids is 1. The predicted molar refractivity (Wildman–Crippen MR) is 134 cm³/mol. The SMILES string of the molecule is COc1cc(OC)c(NC(=O)c2cc3ccccc3cc2OCCOc2ccccc2)cc1Cl. The van der Waals surface area contributed by atoms with E-state index in [1.165, 1.54) is 14.2 Å². The zero-order chi connectivity index (χ0) is 23.9. The third-order valence-corrected chi connectivity index (χ3v) is 5.46. The first-order valence-electron chi connectivity index (χ1n) is 10.7. The van der Waals surface area contributed by atoms with Crippen LogP contribution in [0.25, 0.3) is 10.8 Å². The molecule has 0 radical (unpaired) electrons. The number of hydrogen-bond donors (Lipinski definition) is 1. The molecule has 0 spiro atoms. The largest absolute Gasteiger partial charge is 0.495 e. The summed E-state index contributed by atoms with van der Waals surface area (Å²) in [6.45, 7) is 0.602. The minimum absolute atomic E-state index is 0.269. The highest BCUT2D eigenvalue weighted by Gasteiger charge is 2.18. The molecule has 0 saturated heterocycles. The fraction of sp³-hybridized carbons (Fsp3) is 0.148. The zero-order valence-corrected chi connectivity index (χ0v) is 19.6. The normalized spacial score (nSPS) is 10.6. The molecule has 7 heteroatoms. The number of ether oxygens (including phenoxy) is 4. The number of methoxy groups -OCH3 is 2. The summed E-state index contributed by atoms with van der Waals surface area (Å²) in [6.07, 6.45) is 0. The van der Waals surface area contributed by atoms with Gasteiger partial charge < -0.3 is 24.3 Å². The first-order chi connectivity index (χ1) is 16.6. The van der Waals surface area contributed by atoms with E-state index in [1.54, 1.807) is 18.2 Å². The maximum absolute atomic E-state index is 13.3. The molecule has 4 aromatic rings. The van der Waals surface area contributed by atoms with Crippen molar-refractivity contribution in [3.63, 3.8) is 0 Å². The van der Waals surface area contributed by atoms with Crippen LogP contribution in [0.4, 0.5) is 5.69 Å². The van der Waals surface area contributed by atoms with E-state index >= 15 is 0 Å². The van der Waals surface area contributed by atoms with E-state index in [0.29, 0.717) is 40.1 Å². The zero-order valence-electron chi connectivity index (χ0n) is 18.8. The van der Waals surface area contributed by atoms with Crippen molar-refractivity contribution in [2.24, 2.45) is 0 Å². The van der Waals surface area contributed by atoms with Crippen molar-refractivity contribution >= 4 is 34.0 Å². The first-order valence-corrected chi connectivity index (χ1v) is 11.0. The molecule has 4 rings (SSSR count). The first kappa shape index (κ1) is 23.3. The Hall–Kier alpha value is -3.90. The van der Waals surface area contributed by atoms with Gasteiger partial charge in [0.05, 0.1) is 30.5 Å².